The van der Waals surface area contributed by atoms with Crippen LogP contribution in [0.2, 0.25) is 0 Å². The number of hydrogen-bond acceptors (Lipinski definition) is 5. The van der Waals surface area contributed by atoms with Crippen LogP contribution in [0, 0.1) is 5.92 Å². The zero-order valence-corrected chi connectivity index (χ0v) is 25.1. The molecule has 0 aromatic heterocycles. The number of rotatable bonds is 12. The summed E-state index contributed by atoms with van der Waals surface area (Å²) in [5, 5.41) is 0. The van der Waals surface area contributed by atoms with Crippen molar-refractivity contribution in [1.82, 2.24) is 9.80 Å². The van der Waals surface area contributed by atoms with Crippen molar-refractivity contribution in [1.29, 1.82) is 0 Å². The zero-order valence-electron chi connectivity index (χ0n) is 25.1. The number of ether oxygens (including phenoxy) is 2. The minimum absolute atomic E-state index is 0.0488. The Bertz CT molecular complexity index is 1260. The molecule has 2 fully saturated rings. The first-order valence-electron chi connectivity index (χ1n) is 15.8. The van der Waals surface area contributed by atoms with Crippen LogP contribution in [0.1, 0.15) is 81.4 Å². The topological polar surface area (TPSA) is 59.1 Å². The molecule has 1 spiro atoms. The van der Waals surface area contributed by atoms with Gasteiger partial charge < -0.3 is 14.4 Å². The van der Waals surface area contributed by atoms with Gasteiger partial charge in [-0.3, -0.25) is 14.5 Å². The van der Waals surface area contributed by atoms with Gasteiger partial charge in [0.2, 0.25) is 5.91 Å². The van der Waals surface area contributed by atoms with Crippen LogP contribution >= 0.6 is 0 Å². The molecule has 1 saturated heterocycles. The van der Waals surface area contributed by atoms with Gasteiger partial charge >= 0.3 is 0 Å². The Kier molecular flexibility index (Phi) is 8.13. The first kappa shape index (κ1) is 28.3. The second kappa shape index (κ2) is 11.8. The normalized spacial score (nSPS) is 27.6. The molecule has 4 aliphatic rings. The predicted octanol–water partition coefficient (Wildman–Crippen LogP) is 5.73. The van der Waals surface area contributed by atoms with E-state index in [4.69, 9.17) is 9.47 Å². The molecular weight excluding hydrogens is 512 g/mol. The van der Waals surface area contributed by atoms with E-state index in [2.05, 4.69) is 41.3 Å². The first-order chi connectivity index (χ1) is 19.9. The van der Waals surface area contributed by atoms with Gasteiger partial charge in [-0.1, -0.05) is 55.7 Å². The Morgan fingerprint density at radius 3 is 2.61 bits per heavy atom. The molecule has 6 heteroatoms. The van der Waals surface area contributed by atoms with Gasteiger partial charge in [-0.05, 0) is 81.5 Å². The van der Waals surface area contributed by atoms with Gasteiger partial charge in [0.1, 0.15) is 11.9 Å². The van der Waals surface area contributed by atoms with E-state index >= 15 is 0 Å². The molecule has 6 nitrogen and oxygen atoms in total. The van der Waals surface area contributed by atoms with Gasteiger partial charge in [0, 0.05) is 30.5 Å². The lowest BCUT2D eigenvalue weighted by molar-refractivity contribution is -0.141. The molecule has 0 unspecified atom stereocenters. The van der Waals surface area contributed by atoms with Crippen LogP contribution in [-0.4, -0.2) is 66.9 Å². The third-order valence-electron chi connectivity index (χ3n) is 10.6. The van der Waals surface area contributed by atoms with Crippen LogP contribution in [-0.2, 0) is 27.8 Å². The molecule has 1 amide bonds. The van der Waals surface area contributed by atoms with Gasteiger partial charge in [0.15, 0.2) is 11.5 Å². The van der Waals surface area contributed by atoms with E-state index in [9.17, 15) is 9.59 Å². The van der Waals surface area contributed by atoms with Gasteiger partial charge in [-0.25, -0.2) is 0 Å². The second-order valence-electron chi connectivity index (χ2n) is 12.9. The lowest BCUT2D eigenvalue weighted by Gasteiger charge is -2.60. The fraction of sp³-hybridized carbons (Fsp3) is 0.600. The third-order valence-corrected chi connectivity index (χ3v) is 10.6. The number of likely N-dealkylation sites (tertiary alicyclic amines) is 1. The highest BCUT2D eigenvalue weighted by molar-refractivity contribution is 5.78. The highest BCUT2D eigenvalue weighted by atomic mass is 16.5. The van der Waals surface area contributed by atoms with Gasteiger partial charge in [-0.15, -0.1) is 0 Å². The number of aryl methyl sites for hydroxylation is 1. The first-order valence-corrected chi connectivity index (χ1v) is 15.8. The molecule has 6 rings (SSSR count). The summed E-state index contributed by atoms with van der Waals surface area (Å²) in [5.74, 6) is 2.61. The standard InChI is InChI=1S/C35H46N2O4/c1-24(38)23-37-21-20-35-27-17-18-28(34(35)41-33-30(40-3)19-16-26(32(33)35)22-29(27)37)36(2)31(39)15-11-6-4-5-8-12-25-13-9-7-10-14-25/h7,9-10,13-14,16,19,27-29,34H,4-6,8,11-12,15,17-18,20-23H2,1-3H3/t27-,28-,29+,34-,35-/m0/s1. The fourth-order valence-electron chi connectivity index (χ4n) is 8.77. The van der Waals surface area contributed by atoms with Crippen molar-refractivity contribution in [2.45, 2.75) is 101 Å². The van der Waals surface area contributed by atoms with Gasteiger partial charge in [0.05, 0.1) is 19.7 Å². The zero-order chi connectivity index (χ0) is 28.6. The number of benzene rings is 2. The number of ketones is 1. The molecule has 1 saturated carbocycles. The summed E-state index contributed by atoms with van der Waals surface area (Å²) in [4.78, 5) is 30.1. The number of piperidine rings is 1. The minimum Gasteiger partial charge on any atom is -0.493 e. The molecule has 2 bridgehead atoms. The summed E-state index contributed by atoms with van der Waals surface area (Å²) in [6, 6.07) is 15.3. The molecule has 5 atom stereocenters. The third kappa shape index (κ3) is 5.07. The molecule has 220 valence electrons. The highest BCUT2D eigenvalue weighted by Crippen LogP contribution is 2.64. The summed E-state index contributed by atoms with van der Waals surface area (Å²) in [5.41, 5.74) is 3.96. The van der Waals surface area contributed by atoms with Gasteiger partial charge in [0.25, 0.3) is 0 Å². The SMILES string of the molecule is COc1ccc2c3c1O[C@H]1[C@@H](N(C)C(=O)CCCCCCCc4ccccc4)CC[C@H]4[C@@H](C2)N(CC(C)=O)CC[C@@]341. The van der Waals surface area contributed by atoms with Crippen molar-refractivity contribution in [2.75, 3.05) is 27.2 Å². The van der Waals surface area contributed by atoms with Crippen molar-refractivity contribution in [3.63, 3.8) is 0 Å². The van der Waals surface area contributed by atoms with Crippen molar-refractivity contribution < 1.29 is 19.1 Å². The number of hydrogen-bond donors (Lipinski definition) is 0. The van der Waals surface area contributed by atoms with Crippen LogP contribution in [0.25, 0.3) is 0 Å². The largest absolute Gasteiger partial charge is 0.493 e. The molecule has 2 aromatic carbocycles. The van der Waals surface area contributed by atoms with E-state index in [1.54, 1.807) is 14.0 Å². The second-order valence-corrected chi connectivity index (χ2v) is 12.9. The molecular formula is C35H46N2O4. The molecule has 2 aliphatic carbocycles. The molecule has 2 aromatic rings. The van der Waals surface area contributed by atoms with E-state index in [-0.39, 0.29) is 29.3 Å². The van der Waals surface area contributed by atoms with E-state index in [1.165, 1.54) is 36.0 Å². The maximum Gasteiger partial charge on any atom is 0.222 e. The summed E-state index contributed by atoms with van der Waals surface area (Å²) in [6.07, 6.45) is 11.2. The number of methoxy groups -OCH3 is 1. The maximum absolute atomic E-state index is 13.5. The number of amides is 1. The highest BCUT2D eigenvalue weighted by Gasteiger charge is 2.66. The molecule has 0 N–H and O–H groups in total. The van der Waals surface area contributed by atoms with Crippen LogP contribution in [0.5, 0.6) is 11.5 Å². The predicted molar refractivity (Wildman–Crippen MR) is 161 cm³/mol. The van der Waals surface area contributed by atoms with Crippen LogP contribution in [0.3, 0.4) is 0 Å². The number of nitrogens with zero attached hydrogens (tertiary/aromatic N) is 2. The Hall–Kier alpha value is -2.86. The maximum atomic E-state index is 13.5. The lowest BCUT2D eigenvalue weighted by atomic mass is 9.51. The van der Waals surface area contributed by atoms with Crippen LogP contribution in [0.4, 0.5) is 0 Å². The van der Waals surface area contributed by atoms with E-state index in [0.717, 1.165) is 63.0 Å². The summed E-state index contributed by atoms with van der Waals surface area (Å²) >= 11 is 0. The lowest BCUT2D eigenvalue weighted by Crippen LogP contribution is -2.69. The summed E-state index contributed by atoms with van der Waals surface area (Å²) in [6.45, 7) is 3.12. The number of unbranched alkanes of at least 4 members (excludes halogenated alkanes) is 4. The summed E-state index contributed by atoms with van der Waals surface area (Å²) in [7, 11) is 3.72. The Morgan fingerprint density at radius 2 is 1.83 bits per heavy atom. The van der Waals surface area contributed by atoms with Crippen LogP contribution < -0.4 is 9.47 Å². The van der Waals surface area contributed by atoms with E-state index in [1.807, 2.05) is 18.0 Å². The smallest absolute Gasteiger partial charge is 0.222 e. The fourth-order valence-corrected chi connectivity index (χ4v) is 8.77. The van der Waals surface area contributed by atoms with E-state index < -0.39 is 0 Å². The van der Waals surface area contributed by atoms with Crippen molar-refractivity contribution in [3.05, 3.63) is 59.2 Å². The van der Waals surface area contributed by atoms with E-state index in [0.29, 0.717) is 24.9 Å². The van der Waals surface area contributed by atoms with Crippen LogP contribution in [0.15, 0.2) is 42.5 Å². The Morgan fingerprint density at radius 1 is 1.05 bits per heavy atom. The molecule has 41 heavy (non-hydrogen) atoms. The number of Topliss-reactive ketones (excluding diaryl/α,β-unsaturated/α-hetero) is 1. The number of likely N-dealkylation sites (N-methyl/N-ethyl adjacent to an activating group) is 1. The van der Waals surface area contributed by atoms with Crippen molar-refractivity contribution in [2.24, 2.45) is 5.92 Å². The molecule has 2 heterocycles. The summed E-state index contributed by atoms with van der Waals surface area (Å²) < 4.78 is 12.7. The Labute approximate surface area is 245 Å². The average Bonchev–Trinajstić information content (AvgIpc) is 3.32. The number of carbonyl (C=O) groups is 2. The van der Waals surface area contributed by atoms with Crippen molar-refractivity contribution in [3.8, 4) is 11.5 Å². The number of carbonyl (C=O) groups excluding carboxylic acids is 2. The van der Waals surface area contributed by atoms with Gasteiger partial charge in [-0.2, -0.15) is 0 Å². The molecule has 2 aliphatic heterocycles. The molecule has 0 radical (unpaired) electrons. The quantitative estimate of drug-likeness (QED) is 0.311. The minimum atomic E-state index is -0.119. The Balaban J connectivity index is 1.12. The average molecular weight is 559 g/mol. The monoisotopic (exact) mass is 558 g/mol. The van der Waals surface area contributed by atoms with Crippen molar-refractivity contribution >= 4 is 11.7 Å².